The highest BCUT2D eigenvalue weighted by Gasteiger charge is 2.54. The van der Waals surface area contributed by atoms with Crippen molar-refractivity contribution in [3.8, 4) is 70.1 Å². The Kier molecular flexibility index (Phi) is 30.5. The molecule has 11 aromatic rings. The molecule has 0 bridgehead atoms. The molecule has 0 saturated carbocycles. The quantitative estimate of drug-likeness (QED) is 0.0122. The number of nitrogens with zero attached hydrogens (tertiary/aromatic N) is 4. The Balaban J connectivity index is 1.03. The van der Waals surface area contributed by atoms with E-state index >= 15 is 17.6 Å². The number of allylic oxidation sites excluding steroid dienone is 6. The molecule has 0 spiro atoms. The number of thiophene rings is 4. The monoisotopic (exact) mass is 1810 g/mol. The third-order valence-electron chi connectivity index (χ3n) is 27.1. The van der Waals surface area contributed by atoms with Crippen LogP contribution in [-0.2, 0) is 36.5 Å². The number of fused-ring (bicyclic) bond motifs is 8. The third-order valence-corrected chi connectivity index (χ3v) is 32.0. The molecule has 4 aromatic heterocycles. The molecule has 15 rings (SSSR count). The number of carbonyl (C=O) groups excluding carboxylic acids is 2. The summed E-state index contributed by atoms with van der Waals surface area (Å²) in [5.74, 6) is -4.42. The van der Waals surface area contributed by atoms with Gasteiger partial charge in [-0.1, -0.05) is 268 Å². The summed E-state index contributed by atoms with van der Waals surface area (Å²) in [7, 11) is 0. The highest BCUT2D eigenvalue weighted by atomic mass is 32.1. The van der Waals surface area contributed by atoms with Crippen molar-refractivity contribution in [2.75, 3.05) is 13.2 Å². The van der Waals surface area contributed by atoms with Gasteiger partial charge in [0.05, 0.1) is 46.4 Å². The minimum atomic E-state index is -1.21. The van der Waals surface area contributed by atoms with Crippen molar-refractivity contribution < 1.29 is 36.6 Å². The summed E-state index contributed by atoms with van der Waals surface area (Å²) in [5, 5.41) is 31.6. The molecule has 0 fully saturated rings. The summed E-state index contributed by atoms with van der Waals surface area (Å²) in [6, 6.07) is 60.9. The highest BCUT2D eigenvalue weighted by molar-refractivity contribution is 7.25. The number of nitriles is 3. The predicted octanol–water partition coefficient (Wildman–Crippen LogP) is 32.7. The number of rotatable bonds is 42. The zero-order valence-corrected chi connectivity index (χ0v) is 79.4. The summed E-state index contributed by atoms with van der Waals surface area (Å²) >= 11 is 6.32. The van der Waals surface area contributed by atoms with Crippen molar-refractivity contribution in [3.05, 3.63) is 314 Å². The standard InChI is InChI=1S/C114H114F4N4O4S4/c1-10-18-24-28-34-73-38-46-78(47-39-73)113(79-48-40-74(41-49-79)35-29-25-19-11-2)92-59-89-93(58-88(92)109-94(113)64-103(129-109)111-101(125-69-71(16-7)32-22-14-5)56-82(127-111)54-90-105(77(66-119)67-120)84-60-96(115)98(117)62-86(84)107(90)123)114(80-50-42-75(43-51-80)36-30-26-20-12-3,81-52-44-76(45-53-81)37-31-27-21-13-4)95-65-104(130-110(89)95)112-102(126-70-72(17-8)33-23-15-6)57-83(128-112)55-91-106(100(68-121)122-9)85-61-97(116)99(118)63-87(85)108(91)124/h38-65,71-72H,10-37,69-70H2,1-8H3/b90-54-,91-55-,106-100+. The summed E-state index contributed by atoms with van der Waals surface area (Å²) in [4.78, 5) is 40.1. The van der Waals surface area contributed by atoms with Crippen LogP contribution in [0.2, 0.25) is 0 Å². The molecule has 0 saturated heterocycles. The van der Waals surface area contributed by atoms with Gasteiger partial charge in [0, 0.05) is 62.7 Å². The molecule has 666 valence electrons. The van der Waals surface area contributed by atoms with Crippen molar-refractivity contribution in [3.63, 3.8) is 0 Å². The van der Waals surface area contributed by atoms with Crippen molar-refractivity contribution in [1.29, 1.82) is 15.8 Å². The number of Topliss-reactive ketones (excluding diaryl/α,β-unsaturated/α-hetero) is 2. The van der Waals surface area contributed by atoms with Crippen LogP contribution in [0.4, 0.5) is 17.6 Å². The van der Waals surface area contributed by atoms with Crippen LogP contribution < -0.4 is 9.47 Å². The van der Waals surface area contributed by atoms with Crippen molar-refractivity contribution in [2.24, 2.45) is 11.8 Å². The van der Waals surface area contributed by atoms with Crippen LogP contribution in [-0.4, -0.2) is 24.8 Å². The molecule has 4 aliphatic carbocycles. The maximum absolute atomic E-state index is 15.4. The largest absolute Gasteiger partial charge is 0.492 e. The first kappa shape index (κ1) is 93.6. The van der Waals surface area contributed by atoms with Crippen molar-refractivity contribution in [1.82, 2.24) is 0 Å². The van der Waals surface area contributed by atoms with E-state index in [9.17, 15) is 25.4 Å². The second kappa shape index (κ2) is 42.4. The average molecular weight is 1810 g/mol. The van der Waals surface area contributed by atoms with E-state index in [0.29, 0.717) is 34.5 Å². The van der Waals surface area contributed by atoms with Crippen LogP contribution in [0.1, 0.15) is 318 Å². The van der Waals surface area contributed by atoms with Gasteiger partial charge in [0.25, 0.3) is 5.70 Å². The van der Waals surface area contributed by atoms with Crippen molar-refractivity contribution in [2.45, 2.75) is 246 Å². The Morgan fingerprint density at radius 3 is 1.03 bits per heavy atom. The molecule has 0 aliphatic heterocycles. The molecule has 0 radical (unpaired) electrons. The molecule has 2 unspecified atom stereocenters. The first-order chi connectivity index (χ1) is 63.4. The molecule has 8 nitrogen and oxygen atoms in total. The lowest BCUT2D eigenvalue weighted by molar-refractivity contribution is 0.103. The van der Waals surface area contributed by atoms with Crippen LogP contribution in [0.15, 0.2) is 180 Å². The molecule has 4 heterocycles. The summed E-state index contributed by atoms with van der Waals surface area (Å²) in [6.07, 6.45) is 32.8. The van der Waals surface area contributed by atoms with Gasteiger partial charge < -0.3 is 9.47 Å². The minimum absolute atomic E-state index is 0.00898. The van der Waals surface area contributed by atoms with E-state index in [2.05, 4.69) is 182 Å². The van der Waals surface area contributed by atoms with E-state index in [4.69, 9.17) is 16.0 Å². The lowest BCUT2D eigenvalue weighted by Gasteiger charge is -2.35. The Hall–Kier alpha value is -11.1. The summed E-state index contributed by atoms with van der Waals surface area (Å²) in [6.45, 7) is 26.8. The van der Waals surface area contributed by atoms with Gasteiger partial charge >= 0.3 is 0 Å². The van der Waals surface area contributed by atoms with Crippen LogP contribution in [0.3, 0.4) is 0 Å². The van der Waals surface area contributed by atoms with Gasteiger partial charge in [0.15, 0.2) is 34.8 Å². The Morgan fingerprint density at radius 2 is 0.715 bits per heavy atom. The summed E-state index contributed by atoms with van der Waals surface area (Å²) in [5.41, 5.74) is 12.8. The number of unbranched alkanes of at least 4 members (excludes halogenated alkanes) is 14. The fraction of sp³-hybridized carbons (Fsp3) is 0.368. The highest BCUT2D eigenvalue weighted by Crippen LogP contribution is 2.67. The number of hydrogen-bond acceptors (Lipinski definition) is 11. The Labute approximate surface area is 781 Å². The normalized spacial score (nSPS) is 15.1. The van der Waals surface area contributed by atoms with E-state index in [-0.39, 0.29) is 56.4 Å². The molecule has 2 atom stereocenters. The zero-order chi connectivity index (χ0) is 91.3. The number of halogens is 4. The lowest BCUT2D eigenvalue weighted by atomic mass is 9.65. The number of hydrogen-bond donors (Lipinski definition) is 0. The number of ether oxygens (including phenoxy) is 2. The van der Waals surface area contributed by atoms with Crippen molar-refractivity contribution >= 4 is 80.2 Å². The maximum atomic E-state index is 15.4. The summed E-state index contributed by atoms with van der Waals surface area (Å²) < 4.78 is 75.8. The number of benzene rings is 7. The van der Waals surface area contributed by atoms with Gasteiger partial charge in [-0.25, -0.2) is 27.7 Å². The minimum Gasteiger partial charge on any atom is -0.492 e. The lowest BCUT2D eigenvalue weighted by Crippen LogP contribution is -2.30. The fourth-order valence-corrected chi connectivity index (χ4v) is 24.7. The van der Waals surface area contributed by atoms with E-state index in [1.54, 1.807) is 34.8 Å². The molecular formula is C114H114F4N4O4S4. The second-order valence-corrected chi connectivity index (χ2v) is 39.9. The second-order valence-electron chi connectivity index (χ2n) is 35.6. The Bertz CT molecular complexity index is 5810. The SMILES string of the molecule is [C-]#[N+]/C(C#N)=C1/C(=C/c2cc(OCC(CC)CCCC)c(-c3cc4c(s3)-c3cc5c(cc3C4(c3ccc(CCCCCC)cc3)c3ccc(CCCCCC)cc3)-c3sc(-c4sc(/C=C6\C(=O)c7cc(F)c(F)cc7C6=C(C#N)C#N)cc4OCC(CC)CCCC)cc3C5(c3ccc(CCCCCC)cc3)c3ccc(CCCCCC)cc3)s2)C(=O)c2cc(F)c(F)cc21. The Morgan fingerprint density at radius 1 is 0.385 bits per heavy atom. The molecule has 7 aromatic carbocycles. The third kappa shape index (κ3) is 18.6. The van der Waals surface area contributed by atoms with E-state index in [0.717, 1.165) is 289 Å². The number of carbonyl (C=O) groups is 2. The van der Waals surface area contributed by atoms with E-state index < -0.39 is 56.9 Å². The zero-order valence-electron chi connectivity index (χ0n) is 76.1. The average Bonchev–Trinajstić information content (AvgIpc) is 1.50. The molecule has 0 amide bonds. The van der Waals surface area contributed by atoms with Gasteiger partial charge in [0.2, 0.25) is 0 Å². The maximum Gasteiger partial charge on any atom is 0.270 e. The molecular weight excluding hydrogens is 1690 g/mol. The molecule has 16 heteroatoms. The van der Waals surface area contributed by atoms with Crippen LogP contribution in [0.5, 0.6) is 11.5 Å². The van der Waals surface area contributed by atoms with Crippen LogP contribution >= 0.6 is 45.3 Å². The van der Waals surface area contributed by atoms with E-state index in [1.807, 2.05) is 30.3 Å². The predicted molar refractivity (Wildman–Crippen MR) is 527 cm³/mol. The van der Waals surface area contributed by atoms with Gasteiger partial charge in [-0.3, -0.25) is 9.59 Å². The first-order valence-corrected chi connectivity index (χ1v) is 50.7. The first-order valence-electron chi connectivity index (χ1n) is 47.4. The fourth-order valence-electron chi connectivity index (χ4n) is 19.9. The smallest absolute Gasteiger partial charge is 0.270 e. The van der Waals surface area contributed by atoms with Crippen LogP contribution in [0.25, 0.3) is 68.5 Å². The van der Waals surface area contributed by atoms with Gasteiger partial charge in [-0.2, -0.15) is 10.5 Å². The van der Waals surface area contributed by atoms with Gasteiger partial charge in [-0.05, 0) is 238 Å². The number of aryl methyl sites for hydroxylation is 4. The van der Waals surface area contributed by atoms with Gasteiger partial charge in [-0.15, -0.1) is 45.3 Å². The van der Waals surface area contributed by atoms with Gasteiger partial charge in [0.1, 0.15) is 29.2 Å². The molecule has 4 aliphatic rings. The molecule has 130 heavy (non-hydrogen) atoms. The topological polar surface area (TPSA) is 128 Å². The number of ketones is 2. The molecule has 0 N–H and O–H groups in total. The van der Waals surface area contributed by atoms with E-state index in [1.165, 1.54) is 44.9 Å². The van der Waals surface area contributed by atoms with Crippen LogP contribution in [0, 0.1) is 75.7 Å².